The first kappa shape index (κ1) is 15.1. The van der Waals surface area contributed by atoms with Gasteiger partial charge in [0.15, 0.2) is 11.5 Å². The van der Waals surface area contributed by atoms with Crippen molar-refractivity contribution in [2.45, 2.75) is 12.6 Å². The molecule has 1 unspecified atom stereocenters. The third-order valence-electron chi connectivity index (χ3n) is 3.51. The molecule has 0 aromatic heterocycles. The van der Waals surface area contributed by atoms with Crippen LogP contribution in [-0.4, -0.2) is 58.5 Å². The number of para-hydroxylation sites is 1. The van der Waals surface area contributed by atoms with Crippen LogP contribution < -0.4 is 14.8 Å². The molecule has 1 atom stereocenters. The van der Waals surface area contributed by atoms with Gasteiger partial charge in [0.1, 0.15) is 0 Å². The number of rotatable bonds is 6. The van der Waals surface area contributed by atoms with E-state index in [2.05, 4.69) is 17.3 Å². The Morgan fingerprint density at radius 1 is 1.35 bits per heavy atom. The zero-order chi connectivity index (χ0) is 14.4. The fraction of sp³-hybridized carbons (Fsp3) is 0.600. The van der Waals surface area contributed by atoms with E-state index >= 15 is 0 Å². The average Bonchev–Trinajstić information content (AvgIpc) is 2.47. The first-order valence-electron chi connectivity index (χ1n) is 6.95. The van der Waals surface area contributed by atoms with Gasteiger partial charge in [-0.05, 0) is 13.1 Å². The normalized spacial score (nSPS) is 19.9. The van der Waals surface area contributed by atoms with Crippen LogP contribution in [0.3, 0.4) is 0 Å². The second-order valence-electron chi connectivity index (χ2n) is 5.04. The molecule has 1 N–H and O–H groups in total. The van der Waals surface area contributed by atoms with Crippen molar-refractivity contribution in [1.82, 2.24) is 10.2 Å². The van der Waals surface area contributed by atoms with Crippen molar-refractivity contribution in [2.24, 2.45) is 0 Å². The molecule has 0 saturated carbocycles. The van der Waals surface area contributed by atoms with E-state index in [1.54, 1.807) is 14.2 Å². The van der Waals surface area contributed by atoms with Crippen LogP contribution in [0.15, 0.2) is 18.2 Å². The molecule has 1 aliphatic heterocycles. The van der Waals surface area contributed by atoms with E-state index in [1.165, 1.54) is 0 Å². The minimum Gasteiger partial charge on any atom is -0.493 e. The molecule has 1 aliphatic rings. The lowest BCUT2D eigenvalue weighted by molar-refractivity contribution is -0.0182. The van der Waals surface area contributed by atoms with Crippen molar-refractivity contribution in [3.05, 3.63) is 23.8 Å². The van der Waals surface area contributed by atoms with E-state index in [9.17, 15) is 0 Å². The number of nitrogens with one attached hydrogen (secondary N) is 1. The fourth-order valence-electron chi connectivity index (χ4n) is 2.45. The van der Waals surface area contributed by atoms with Crippen molar-refractivity contribution in [2.75, 3.05) is 47.5 Å². The maximum absolute atomic E-state index is 5.73. The highest BCUT2D eigenvalue weighted by Gasteiger charge is 2.17. The summed E-state index contributed by atoms with van der Waals surface area (Å²) in [6, 6.07) is 5.92. The van der Waals surface area contributed by atoms with E-state index < -0.39 is 0 Å². The molecule has 1 fully saturated rings. The van der Waals surface area contributed by atoms with Gasteiger partial charge in [0.05, 0.1) is 26.9 Å². The number of morpholine rings is 1. The molecule has 0 spiro atoms. The van der Waals surface area contributed by atoms with E-state index in [1.807, 2.05) is 18.2 Å². The Hall–Kier alpha value is -1.30. The smallest absolute Gasteiger partial charge is 0.165 e. The van der Waals surface area contributed by atoms with Crippen LogP contribution in [0, 0.1) is 0 Å². The first-order chi connectivity index (χ1) is 9.74. The second kappa shape index (κ2) is 7.47. The van der Waals surface area contributed by atoms with Gasteiger partial charge in [-0.3, -0.25) is 0 Å². The van der Waals surface area contributed by atoms with Crippen LogP contribution in [0.2, 0.25) is 0 Å². The summed E-state index contributed by atoms with van der Waals surface area (Å²) in [6.07, 6.45) is 0.255. The zero-order valence-corrected chi connectivity index (χ0v) is 12.5. The van der Waals surface area contributed by atoms with Crippen molar-refractivity contribution in [3.8, 4) is 11.5 Å². The SMILES string of the molecule is COc1cccc(CNCC2CN(C)CCO2)c1OC. The highest BCUT2D eigenvalue weighted by atomic mass is 16.5. The highest BCUT2D eigenvalue weighted by molar-refractivity contribution is 5.46. The van der Waals surface area contributed by atoms with E-state index in [-0.39, 0.29) is 6.10 Å². The molecular formula is C15H24N2O3. The number of hydrogen-bond donors (Lipinski definition) is 1. The van der Waals surface area contributed by atoms with Crippen LogP contribution in [0.4, 0.5) is 0 Å². The van der Waals surface area contributed by atoms with Gasteiger partial charge in [-0.1, -0.05) is 12.1 Å². The van der Waals surface area contributed by atoms with Crippen LogP contribution in [0.25, 0.3) is 0 Å². The van der Waals surface area contributed by atoms with Crippen molar-refractivity contribution >= 4 is 0 Å². The van der Waals surface area contributed by atoms with Gasteiger partial charge in [0, 0.05) is 31.7 Å². The molecule has 1 aromatic rings. The summed E-state index contributed by atoms with van der Waals surface area (Å²) in [5.41, 5.74) is 1.09. The molecule has 5 heteroatoms. The molecule has 0 bridgehead atoms. The Kier molecular flexibility index (Phi) is 5.64. The highest BCUT2D eigenvalue weighted by Crippen LogP contribution is 2.30. The van der Waals surface area contributed by atoms with E-state index in [4.69, 9.17) is 14.2 Å². The lowest BCUT2D eigenvalue weighted by atomic mass is 10.1. The fourth-order valence-corrected chi connectivity index (χ4v) is 2.45. The topological polar surface area (TPSA) is 43.0 Å². The quantitative estimate of drug-likeness (QED) is 0.846. The third-order valence-corrected chi connectivity index (χ3v) is 3.51. The molecule has 1 saturated heterocycles. The molecule has 1 heterocycles. The van der Waals surface area contributed by atoms with Crippen LogP contribution >= 0.6 is 0 Å². The van der Waals surface area contributed by atoms with Gasteiger partial charge >= 0.3 is 0 Å². The maximum atomic E-state index is 5.73. The minimum absolute atomic E-state index is 0.255. The van der Waals surface area contributed by atoms with Crippen LogP contribution in [-0.2, 0) is 11.3 Å². The van der Waals surface area contributed by atoms with E-state index in [0.717, 1.165) is 49.8 Å². The summed E-state index contributed by atoms with van der Waals surface area (Å²) in [7, 11) is 5.45. The Morgan fingerprint density at radius 2 is 2.20 bits per heavy atom. The molecule has 0 aliphatic carbocycles. The monoisotopic (exact) mass is 280 g/mol. The van der Waals surface area contributed by atoms with Crippen molar-refractivity contribution in [3.63, 3.8) is 0 Å². The molecule has 5 nitrogen and oxygen atoms in total. The number of nitrogens with zero attached hydrogens (tertiary/aromatic N) is 1. The van der Waals surface area contributed by atoms with Crippen molar-refractivity contribution in [1.29, 1.82) is 0 Å². The van der Waals surface area contributed by atoms with Crippen LogP contribution in [0.1, 0.15) is 5.56 Å². The first-order valence-corrected chi connectivity index (χ1v) is 6.95. The molecular weight excluding hydrogens is 256 g/mol. The summed E-state index contributed by atoms with van der Waals surface area (Å²) in [5.74, 6) is 1.56. The van der Waals surface area contributed by atoms with Crippen LogP contribution in [0.5, 0.6) is 11.5 Å². The summed E-state index contributed by atoms with van der Waals surface area (Å²) in [5, 5.41) is 3.43. The van der Waals surface area contributed by atoms with E-state index in [0.29, 0.717) is 0 Å². The molecule has 1 aromatic carbocycles. The van der Waals surface area contributed by atoms with Gasteiger partial charge in [-0.2, -0.15) is 0 Å². The molecule has 0 radical (unpaired) electrons. The number of hydrogen-bond acceptors (Lipinski definition) is 5. The second-order valence-corrected chi connectivity index (χ2v) is 5.04. The predicted molar refractivity (Wildman–Crippen MR) is 78.5 cm³/mol. The lowest BCUT2D eigenvalue weighted by Crippen LogP contribution is -2.44. The molecule has 0 amide bonds. The number of methoxy groups -OCH3 is 2. The van der Waals surface area contributed by atoms with Gasteiger partial charge < -0.3 is 24.4 Å². The predicted octanol–water partition coefficient (Wildman–Crippen LogP) is 1.12. The Morgan fingerprint density at radius 3 is 2.90 bits per heavy atom. The standard InChI is InChI=1S/C15H24N2O3/c1-17-7-8-20-13(11-17)10-16-9-12-5-4-6-14(18-2)15(12)19-3/h4-6,13,16H,7-11H2,1-3H3. The average molecular weight is 280 g/mol. The molecule has 20 heavy (non-hydrogen) atoms. The summed E-state index contributed by atoms with van der Waals surface area (Å²) in [4.78, 5) is 2.29. The van der Waals surface area contributed by atoms with Gasteiger partial charge in [0.25, 0.3) is 0 Å². The zero-order valence-electron chi connectivity index (χ0n) is 12.5. The Labute approximate surface area is 120 Å². The number of likely N-dealkylation sites (N-methyl/N-ethyl adjacent to an activating group) is 1. The lowest BCUT2D eigenvalue weighted by Gasteiger charge is -2.30. The van der Waals surface area contributed by atoms with Gasteiger partial charge in [-0.25, -0.2) is 0 Å². The molecule has 112 valence electrons. The van der Waals surface area contributed by atoms with Crippen molar-refractivity contribution < 1.29 is 14.2 Å². The minimum atomic E-state index is 0.255. The summed E-state index contributed by atoms with van der Waals surface area (Å²) >= 11 is 0. The third kappa shape index (κ3) is 3.85. The summed E-state index contributed by atoms with van der Waals surface area (Å²) in [6.45, 7) is 4.38. The summed E-state index contributed by atoms with van der Waals surface area (Å²) < 4.78 is 16.5. The maximum Gasteiger partial charge on any atom is 0.165 e. The number of ether oxygens (including phenoxy) is 3. The largest absolute Gasteiger partial charge is 0.493 e. The molecule has 2 rings (SSSR count). The Balaban J connectivity index is 1.87. The van der Waals surface area contributed by atoms with Gasteiger partial charge in [0.2, 0.25) is 0 Å². The number of benzene rings is 1. The Bertz CT molecular complexity index is 426. The van der Waals surface area contributed by atoms with Gasteiger partial charge in [-0.15, -0.1) is 0 Å².